The second-order valence-corrected chi connectivity index (χ2v) is 4.26. The molecular weight excluding hydrogens is 273 g/mol. The molecule has 3 nitrogen and oxygen atoms in total. The average Bonchev–Trinajstić information content (AvgIpc) is 2.38. The van der Waals surface area contributed by atoms with E-state index < -0.39 is 0 Å². The molecule has 0 amide bonds. The molecule has 0 aromatic heterocycles. The fraction of sp³-hybridized carbons (Fsp3) is 0.385. The van der Waals surface area contributed by atoms with Gasteiger partial charge in [0, 0.05) is 17.6 Å². The molecule has 0 atom stereocenters. The molecule has 1 aromatic rings. The Kier molecular flexibility index (Phi) is 6.94. The van der Waals surface area contributed by atoms with Crippen LogP contribution >= 0.6 is 23.2 Å². The maximum absolute atomic E-state index is 5.82. The molecule has 0 bridgehead atoms. The lowest BCUT2D eigenvalue weighted by molar-refractivity contribution is 0.293. The van der Waals surface area contributed by atoms with Gasteiger partial charge in [-0.2, -0.15) is 0 Å². The first kappa shape index (κ1) is 15.2. The Morgan fingerprint density at radius 1 is 1.39 bits per heavy atom. The highest BCUT2D eigenvalue weighted by atomic mass is 35.5. The van der Waals surface area contributed by atoms with Crippen molar-refractivity contribution in [2.24, 2.45) is 0 Å². The van der Waals surface area contributed by atoms with Crippen LogP contribution in [-0.4, -0.2) is 20.3 Å². The first-order valence-corrected chi connectivity index (χ1v) is 6.51. The predicted molar refractivity (Wildman–Crippen MR) is 75.7 cm³/mol. The van der Waals surface area contributed by atoms with Crippen molar-refractivity contribution in [3.05, 3.63) is 34.3 Å². The molecule has 5 heteroatoms. The average molecular weight is 290 g/mol. The van der Waals surface area contributed by atoms with Gasteiger partial charge in [0.1, 0.15) is 6.61 Å². The smallest absolute Gasteiger partial charge is 0.166 e. The summed E-state index contributed by atoms with van der Waals surface area (Å²) in [6, 6.07) is 5.78. The molecule has 0 saturated carbocycles. The topological polar surface area (TPSA) is 30.5 Å². The molecule has 18 heavy (non-hydrogen) atoms. The Hall–Kier alpha value is -0.900. The van der Waals surface area contributed by atoms with Crippen molar-refractivity contribution in [1.82, 2.24) is 5.32 Å². The molecular formula is C13H17Cl2NO2. The van der Waals surface area contributed by atoms with E-state index in [0.717, 1.165) is 5.56 Å². The summed E-state index contributed by atoms with van der Waals surface area (Å²) in [6.07, 6.45) is 0. The normalized spacial score (nSPS) is 11.4. The summed E-state index contributed by atoms with van der Waals surface area (Å²) < 4.78 is 11.2. The summed E-state index contributed by atoms with van der Waals surface area (Å²) >= 11 is 11.3. The van der Waals surface area contributed by atoms with E-state index in [0.29, 0.717) is 29.7 Å². The van der Waals surface area contributed by atoms with Gasteiger partial charge in [-0.05, 0) is 20.0 Å². The molecule has 0 saturated heterocycles. The summed E-state index contributed by atoms with van der Waals surface area (Å²) in [7, 11) is 1.88. The monoisotopic (exact) mass is 289 g/mol. The maximum Gasteiger partial charge on any atom is 0.166 e. The van der Waals surface area contributed by atoms with Gasteiger partial charge in [0.25, 0.3) is 0 Å². The Balaban J connectivity index is 2.94. The van der Waals surface area contributed by atoms with Crippen LogP contribution in [0.3, 0.4) is 0 Å². The number of rotatable bonds is 7. The quantitative estimate of drug-likeness (QED) is 0.833. The summed E-state index contributed by atoms with van der Waals surface area (Å²) in [5, 5.41) is 3.53. The highest BCUT2D eigenvalue weighted by molar-refractivity contribution is 6.36. The van der Waals surface area contributed by atoms with Crippen molar-refractivity contribution in [3.63, 3.8) is 0 Å². The molecule has 1 N–H and O–H groups in total. The third-order valence-electron chi connectivity index (χ3n) is 2.20. The van der Waals surface area contributed by atoms with E-state index in [1.165, 1.54) is 5.54 Å². The van der Waals surface area contributed by atoms with Gasteiger partial charge in [-0.25, -0.2) is 0 Å². The lowest BCUT2D eigenvalue weighted by Crippen LogP contribution is -2.09. The zero-order valence-corrected chi connectivity index (χ0v) is 12.0. The summed E-state index contributed by atoms with van der Waals surface area (Å²) in [4.78, 5) is 0. The van der Waals surface area contributed by atoms with Crippen LogP contribution in [-0.2, 0) is 6.54 Å². The van der Waals surface area contributed by atoms with E-state index in [2.05, 4.69) is 5.32 Å². The number of hydrogen-bond donors (Lipinski definition) is 1. The summed E-state index contributed by atoms with van der Waals surface area (Å²) in [6.45, 7) is 3.43. The molecule has 0 radical (unpaired) electrons. The molecule has 0 heterocycles. The van der Waals surface area contributed by atoms with Crippen molar-refractivity contribution in [1.29, 1.82) is 0 Å². The van der Waals surface area contributed by atoms with Gasteiger partial charge < -0.3 is 14.8 Å². The van der Waals surface area contributed by atoms with E-state index >= 15 is 0 Å². The zero-order chi connectivity index (χ0) is 13.4. The van der Waals surface area contributed by atoms with E-state index in [1.807, 2.05) is 32.2 Å². The third-order valence-corrected chi connectivity index (χ3v) is 2.79. The van der Waals surface area contributed by atoms with Crippen LogP contribution in [0.1, 0.15) is 12.5 Å². The minimum atomic E-state index is 0.228. The molecule has 0 aliphatic rings. The number of ether oxygens (including phenoxy) is 2. The van der Waals surface area contributed by atoms with Gasteiger partial charge >= 0.3 is 0 Å². The first-order chi connectivity index (χ1) is 8.72. The van der Waals surface area contributed by atoms with Crippen LogP contribution in [0.4, 0.5) is 0 Å². The summed E-state index contributed by atoms with van der Waals surface area (Å²) in [5.74, 6) is 1.41. The largest absolute Gasteiger partial charge is 0.490 e. The van der Waals surface area contributed by atoms with Crippen LogP contribution in [0.2, 0.25) is 0 Å². The fourth-order valence-corrected chi connectivity index (χ4v) is 1.61. The van der Waals surface area contributed by atoms with Crippen molar-refractivity contribution < 1.29 is 9.47 Å². The maximum atomic E-state index is 5.82. The second kappa shape index (κ2) is 8.25. The molecule has 0 aliphatic heterocycles. The van der Waals surface area contributed by atoms with Gasteiger partial charge in [0.05, 0.1) is 11.6 Å². The molecule has 1 aromatic carbocycles. The Bertz CT molecular complexity index is 384. The minimum Gasteiger partial charge on any atom is -0.490 e. The number of para-hydroxylation sites is 1. The lowest BCUT2D eigenvalue weighted by atomic mass is 10.2. The standard InChI is InChI=1S/C13H17Cl2NO2/c1-3-17-12-6-4-5-10(8-16-2)13(12)18-9-11(15)7-14/h4-7,16H,3,8-9H2,1-2H3. The van der Waals surface area contributed by atoms with Gasteiger partial charge in [0.15, 0.2) is 11.5 Å². The van der Waals surface area contributed by atoms with E-state index in [4.69, 9.17) is 32.7 Å². The van der Waals surface area contributed by atoms with Crippen molar-refractivity contribution in [2.45, 2.75) is 13.5 Å². The molecule has 1 rings (SSSR count). The van der Waals surface area contributed by atoms with Gasteiger partial charge in [-0.15, -0.1) is 0 Å². The molecule has 0 unspecified atom stereocenters. The Morgan fingerprint density at radius 2 is 2.17 bits per heavy atom. The first-order valence-electron chi connectivity index (χ1n) is 5.69. The lowest BCUT2D eigenvalue weighted by Gasteiger charge is -2.15. The SMILES string of the molecule is CCOc1cccc(CNC)c1OCC(Cl)=CCl. The van der Waals surface area contributed by atoms with Crippen LogP contribution in [0, 0.1) is 0 Å². The van der Waals surface area contributed by atoms with Gasteiger partial charge in [-0.1, -0.05) is 35.3 Å². The third kappa shape index (κ3) is 4.41. The second-order valence-electron chi connectivity index (χ2n) is 3.55. The van der Waals surface area contributed by atoms with Crippen LogP contribution in [0.5, 0.6) is 11.5 Å². The number of benzene rings is 1. The Labute approximate surface area is 118 Å². The van der Waals surface area contributed by atoms with Crippen LogP contribution < -0.4 is 14.8 Å². The van der Waals surface area contributed by atoms with Crippen molar-refractivity contribution >= 4 is 23.2 Å². The van der Waals surface area contributed by atoms with Crippen LogP contribution in [0.25, 0.3) is 0 Å². The minimum absolute atomic E-state index is 0.228. The van der Waals surface area contributed by atoms with E-state index in [1.54, 1.807) is 0 Å². The number of halogens is 2. The van der Waals surface area contributed by atoms with Gasteiger partial charge in [-0.3, -0.25) is 0 Å². The molecule has 100 valence electrons. The molecule has 0 spiro atoms. The highest BCUT2D eigenvalue weighted by Gasteiger charge is 2.10. The fourth-order valence-electron chi connectivity index (χ4n) is 1.50. The van der Waals surface area contributed by atoms with Crippen molar-refractivity contribution in [2.75, 3.05) is 20.3 Å². The number of nitrogens with one attached hydrogen (secondary N) is 1. The van der Waals surface area contributed by atoms with E-state index in [-0.39, 0.29) is 6.61 Å². The predicted octanol–water partition coefficient (Wildman–Crippen LogP) is 3.50. The zero-order valence-electron chi connectivity index (χ0n) is 10.5. The molecule has 0 aliphatic carbocycles. The number of hydrogen-bond acceptors (Lipinski definition) is 3. The van der Waals surface area contributed by atoms with Crippen LogP contribution in [0.15, 0.2) is 28.8 Å². The van der Waals surface area contributed by atoms with E-state index in [9.17, 15) is 0 Å². The van der Waals surface area contributed by atoms with Gasteiger partial charge in [0.2, 0.25) is 0 Å². The summed E-state index contributed by atoms with van der Waals surface area (Å²) in [5.41, 5.74) is 2.31. The Morgan fingerprint density at radius 3 is 2.78 bits per heavy atom. The van der Waals surface area contributed by atoms with Crippen molar-refractivity contribution in [3.8, 4) is 11.5 Å². The highest BCUT2D eigenvalue weighted by Crippen LogP contribution is 2.32. The molecule has 0 fully saturated rings.